The predicted octanol–water partition coefficient (Wildman–Crippen LogP) is 2.37. The number of aryl methyl sites for hydroxylation is 2. The zero-order valence-corrected chi connectivity index (χ0v) is 12.8. The highest BCUT2D eigenvalue weighted by atomic mass is 79.9. The number of nitrogens with two attached hydrogens (primary N) is 1. The monoisotopic (exact) mass is 329 g/mol. The van der Waals surface area contributed by atoms with Crippen LogP contribution in [0.3, 0.4) is 0 Å². The van der Waals surface area contributed by atoms with E-state index in [-0.39, 0.29) is 6.04 Å². The summed E-state index contributed by atoms with van der Waals surface area (Å²) >= 11 is 5.18. The maximum absolute atomic E-state index is 5.71. The number of hydrogen-bond donors (Lipinski definition) is 2. The van der Waals surface area contributed by atoms with Crippen molar-refractivity contribution < 1.29 is 0 Å². The zero-order chi connectivity index (χ0) is 13.1. The Morgan fingerprint density at radius 2 is 2.33 bits per heavy atom. The maximum atomic E-state index is 5.71. The fourth-order valence-electron chi connectivity index (χ4n) is 1.86. The molecule has 0 aliphatic heterocycles. The van der Waals surface area contributed by atoms with Gasteiger partial charge in [0.05, 0.1) is 27.4 Å². The van der Waals surface area contributed by atoms with Crippen molar-refractivity contribution in [2.24, 2.45) is 5.84 Å². The summed E-state index contributed by atoms with van der Waals surface area (Å²) in [5.74, 6) is 5.71. The van der Waals surface area contributed by atoms with E-state index in [0.29, 0.717) is 0 Å². The molecule has 2 aromatic rings. The molecule has 2 aromatic heterocycles. The lowest BCUT2D eigenvalue weighted by atomic mass is 10.2. The standard InChI is InChI=1S/C11H16BrN5S/c1-3-4-17-11(8(12)5-15-17)10(16-13)9-6-14-7(2)18-9/h5-6,10,16H,3-4,13H2,1-2H3. The second kappa shape index (κ2) is 5.92. The molecule has 0 saturated carbocycles. The molecule has 0 spiro atoms. The number of nitrogens with one attached hydrogen (secondary N) is 1. The van der Waals surface area contributed by atoms with Gasteiger partial charge < -0.3 is 0 Å². The van der Waals surface area contributed by atoms with E-state index in [2.05, 4.69) is 38.4 Å². The Hall–Kier alpha value is -0.760. The van der Waals surface area contributed by atoms with Crippen LogP contribution in [0.5, 0.6) is 0 Å². The molecule has 7 heteroatoms. The Morgan fingerprint density at radius 1 is 1.56 bits per heavy atom. The third kappa shape index (κ3) is 2.64. The number of rotatable bonds is 5. The molecular weight excluding hydrogens is 314 g/mol. The van der Waals surface area contributed by atoms with E-state index >= 15 is 0 Å². The summed E-state index contributed by atoms with van der Waals surface area (Å²) in [6.07, 6.45) is 4.70. The summed E-state index contributed by atoms with van der Waals surface area (Å²) in [5, 5.41) is 5.40. The van der Waals surface area contributed by atoms with Crippen molar-refractivity contribution in [2.75, 3.05) is 0 Å². The van der Waals surface area contributed by atoms with Gasteiger partial charge in [-0.15, -0.1) is 11.3 Å². The van der Waals surface area contributed by atoms with Gasteiger partial charge in [-0.05, 0) is 29.3 Å². The van der Waals surface area contributed by atoms with Crippen molar-refractivity contribution >= 4 is 27.3 Å². The highest BCUT2D eigenvalue weighted by Gasteiger charge is 2.22. The second-order valence-electron chi connectivity index (χ2n) is 3.98. The predicted molar refractivity (Wildman–Crippen MR) is 76.2 cm³/mol. The van der Waals surface area contributed by atoms with Gasteiger partial charge in [0.2, 0.25) is 0 Å². The van der Waals surface area contributed by atoms with E-state index in [9.17, 15) is 0 Å². The quantitative estimate of drug-likeness (QED) is 0.652. The number of hydrogen-bond acceptors (Lipinski definition) is 5. The summed E-state index contributed by atoms with van der Waals surface area (Å²) in [6.45, 7) is 4.98. The van der Waals surface area contributed by atoms with E-state index in [0.717, 1.165) is 33.0 Å². The average molecular weight is 330 g/mol. The lowest BCUT2D eigenvalue weighted by Crippen LogP contribution is -2.30. The van der Waals surface area contributed by atoms with Crippen LogP contribution >= 0.6 is 27.3 Å². The van der Waals surface area contributed by atoms with Crippen molar-refractivity contribution in [3.05, 3.63) is 32.4 Å². The van der Waals surface area contributed by atoms with Gasteiger partial charge >= 0.3 is 0 Å². The van der Waals surface area contributed by atoms with Gasteiger partial charge in [0.15, 0.2) is 0 Å². The van der Waals surface area contributed by atoms with Crippen molar-refractivity contribution in [2.45, 2.75) is 32.9 Å². The van der Waals surface area contributed by atoms with Crippen LogP contribution in [0.1, 0.15) is 35.0 Å². The van der Waals surface area contributed by atoms with Gasteiger partial charge in [0, 0.05) is 17.6 Å². The molecule has 0 radical (unpaired) electrons. The molecule has 0 saturated heterocycles. The minimum atomic E-state index is -0.0837. The van der Waals surface area contributed by atoms with Gasteiger partial charge in [-0.25, -0.2) is 10.4 Å². The summed E-state index contributed by atoms with van der Waals surface area (Å²) < 4.78 is 2.94. The Balaban J connectivity index is 2.41. The molecule has 2 rings (SSSR count). The summed E-state index contributed by atoms with van der Waals surface area (Å²) in [7, 11) is 0. The van der Waals surface area contributed by atoms with Gasteiger partial charge in [-0.1, -0.05) is 6.92 Å². The molecule has 1 unspecified atom stereocenters. The lowest BCUT2D eigenvalue weighted by Gasteiger charge is -2.16. The molecule has 0 fully saturated rings. The molecular formula is C11H16BrN5S. The first-order valence-electron chi connectivity index (χ1n) is 5.77. The third-order valence-corrected chi connectivity index (χ3v) is 4.22. The Morgan fingerprint density at radius 3 is 2.89 bits per heavy atom. The van der Waals surface area contributed by atoms with E-state index < -0.39 is 0 Å². The molecule has 2 heterocycles. The molecule has 0 aliphatic carbocycles. The van der Waals surface area contributed by atoms with Gasteiger partial charge in [0.1, 0.15) is 0 Å². The number of nitrogens with zero attached hydrogens (tertiary/aromatic N) is 3. The van der Waals surface area contributed by atoms with Crippen LogP contribution in [0.25, 0.3) is 0 Å². The Bertz CT molecular complexity index is 521. The fourth-order valence-corrected chi connectivity index (χ4v) is 3.23. The van der Waals surface area contributed by atoms with Crippen LogP contribution in [-0.2, 0) is 6.54 Å². The fraction of sp³-hybridized carbons (Fsp3) is 0.455. The highest BCUT2D eigenvalue weighted by Crippen LogP contribution is 2.31. The lowest BCUT2D eigenvalue weighted by molar-refractivity contribution is 0.523. The van der Waals surface area contributed by atoms with Crippen LogP contribution in [0.4, 0.5) is 0 Å². The SMILES string of the molecule is CCCn1ncc(Br)c1C(NN)c1cnc(C)s1. The zero-order valence-electron chi connectivity index (χ0n) is 10.4. The van der Waals surface area contributed by atoms with Crippen molar-refractivity contribution in [3.8, 4) is 0 Å². The molecule has 5 nitrogen and oxygen atoms in total. The van der Waals surface area contributed by atoms with Crippen molar-refractivity contribution in [1.29, 1.82) is 0 Å². The topological polar surface area (TPSA) is 68.8 Å². The Labute approximate surface area is 119 Å². The molecule has 0 aliphatic rings. The summed E-state index contributed by atoms with van der Waals surface area (Å²) in [6, 6.07) is -0.0837. The number of halogens is 1. The van der Waals surface area contributed by atoms with Gasteiger partial charge in [-0.2, -0.15) is 5.10 Å². The average Bonchev–Trinajstić information content (AvgIpc) is 2.91. The number of hydrazine groups is 1. The van der Waals surface area contributed by atoms with E-state index in [1.165, 1.54) is 0 Å². The van der Waals surface area contributed by atoms with E-state index in [1.54, 1.807) is 11.3 Å². The molecule has 0 aromatic carbocycles. The molecule has 0 bridgehead atoms. The first kappa shape index (κ1) is 13.7. The normalized spacial score (nSPS) is 12.9. The first-order chi connectivity index (χ1) is 8.67. The molecule has 18 heavy (non-hydrogen) atoms. The van der Waals surface area contributed by atoms with E-state index in [1.807, 2.05) is 24.0 Å². The van der Waals surface area contributed by atoms with Crippen LogP contribution in [-0.4, -0.2) is 14.8 Å². The van der Waals surface area contributed by atoms with Crippen molar-refractivity contribution in [3.63, 3.8) is 0 Å². The maximum Gasteiger partial charge on any atom is 0.0997 e. The van der Waals surface area contributed by atoms with Crippen LogP contribution < -0.4 is 11.3 Å². The third-order valence-electron chi connectivity index (χ3n) is 2.63. The van der Waals surface area contributed by atoms with Crippen molar-refractivity contribution in [1.82, 2.24) is 20.2 Å². The first-order valence-corrected chi connectivity index (χ1v) is 7.38. The minimum Gasteiger partial charge on any atom is -0.270 e. The Kier molecular flexibility index (Phi) is 4.50. The molecule has 0 amide bonds. The summed E-state index contributed by atoms with van der Waals surface area (Å²) in [5.41, 5.74) is 3.90. The van der Waals surface area contributed by atoms with Crippen LogP contribution in [0.2, 0.25) is 0 Å². The number of aromatic nitrogens is 3. The molecule has 1 atom stereocenters. The van der Waals surface area contributed by atoms with Crippen LogP contribution in [0.15, 0.2) is 16.9 Å². The molecule has 98 valence electrons. The second-order valence-corrected chi connectivity index (χ2v) is 6.10. The smallest absolute Gasteiger partial charge is 0.0997 e. The summed E-state index contributed by atoms with van der Waals surface area (Å²) in [4.78, 5) is 5.37. The minimum absolute atomic E-state index is 0.0837. The highest BCUT2D eigenvalue weighted by molar-refractivity contribution is 9.10. The number of thiazole rings is 1. The van der Waals surface area contributed by atoms with Gasteiger partial charge in [0.25, 0.3) is 0 Å². The van der Waals surface area contributed by atoms with E-state index in [4.69, 9.17) is 5.84 Å². The largest absolute Gasteiger partial charge is 0.270 e. The van der Waals surface area contributed by atoms with Gasteiger partial charge in [-0.3, -0.25) is 10.5 Å². The molecule has 3 N–H and O–H groups in total. The van der Waals surface area contributed by atoms with Crippen LogP contribution in [0, 0.1) is 6.92 Å².